The first-order valence-corrected chi connectivity index (χ1v) is 4.82. The lowest BCUT2D eigenvalue weighted by Gasteiger charge is -2.03. The summed E-state index contributed by atoms with van der Waals surface area (Å²) in [4.78, 5) is 11.5. The van der Waals surface area contributed by atoms with Crippen molar-refractivity contribution in [1.82, 2.24) is 4.57 Å². The van der Waals surface area contributed by atoms with Gasteiger partial charge in [0.2, 0.25) is 0 Å². The summed E-state index contributed by atoms with van der Waals surface area (Å²) >= 11 is 0. The smallest absolute Gasteiger partial charge is 0.253 e. The van der Waals surface area contributed by atoms with Gasteiger partial charge in [0.1, 0.15) is 11.5 Å². The Morgan fingerprint density at radius 3 is 2.53 bits per heavy atom. The number of hydrogen-bond donors (Lipinski definition) is 0. The van der Waals surface area contributed by atoms with Crippen LogP contribution in [-0.4, -0.2) is 4.57 Å². The second-order valence-electron chi connectivity index (χ2n) is 3.74. The Balaban J connectivity index is 2.60. The molecule has 0 unspecified atom stereocenters. The van der Waals surface area contributed by atoms with Crippen LogP contribution in [0.15, 0.2) is 33.6 Å². The van der Waals surface area contributed by atoms with Crippen LogP contribution in [0.3, 0.4) is 0 Å². The van der Waals surface area contributed by atoms with Gasteiger partial charge in [-0.1, -0.05) is 0 Å². The quantitative estimate of drug-likeness (QED) is 0.712. The summed E-state index contributed by atoms with van der Waals surface area (Å²) in [5.41, 5.74) is 1.69. The Hall–Kier alpha value is -1.77. The number of aromatic nitrogens is 1. The van der Waals surface area contributed by atoms with E-state index in [2.05, 4.69) is 0 Å². The molecule has 3 nitrogen and oxygen atoms in total. The molecule has 2 aromatic rings. The third-order valence-corrected chi connectivity index (χ3v) is 2.39. The van der Waals surface area contributed by atoms with Crippen molar-refractivity contribution in [3.63, 3.8) is 0 Å². The zero-order chi connectivity index (χ0) is 11.0. The first kappa shape index (κ1) is 9.77. The van der Waals surface area contributed by atoms with Gasteiger partial charge in [-0.3, -0.25) is 4.79 Å². The molecule has 0 aromatic carbocycles. The Morgan fingerprint density at radius 1 is 1.27 bits per heavy atom. The van der Waals surface area contributed by atoms with Crippen molar-refractivity contribution in [3.8, 4) is 11.3 Å². The van der Waals surface area contributed by atoms with Crippen LogP contribution < -0.4 is 5.56 Å². The maximum Gasteiger partial charge on any atom is 0.253 e. The van der Waals surface area contributed by atoms with Gasteiger partial charge in [0.25, 0.3) is 5.56 Å². The molecule has 0 atom stereocenters. The number of aryl methyl sites for hydroxylation is 3. The largest absolute Gasteiger partial charge is 0.461 e. The molecular formula is C12H13NO2. The molecule has 2 aromatic heterocycles. The summed E-state index contributed by atoms with van der Waals surface area (Å²) in [7, 11) is 1.74. The van der Waals surface area contributed by atoms with E-state index in [1.807, 2.05) is 32.0 Å². The van der Waals surface area contributed by atoms with Crippen molar-refractivity contribution >= 4 is 0 Å². The molecule has 78 valence electrons. The van der Waals surface area contributed by atoms with Gasteiger partial charge >= 0.3 is 0 Å². The normalized spacial score (nSPS) is 10.6. The highest BCUT2D eigenvalue weighted by atomic mass is 16.3. The van der Waals surface area contributed by atoms with Crippen molar-refractivity contribution < 1.29 is 4.42 Å². The molecule has 2 rings (SSSR count). The van der Waals surface area contributed by atoms with Crippen molar-refractivity contribution in [3.05, 3.63) is 46.1 Å². The van der Waals surface area contributed by atoms with Gasteiger partial charge in [-0.2, -0.15) is 0 Å². The Bertz CT molecular complexity index is 523. The summed E-state index contributed by atoms with van der Waals surface area (Å²) in [6.07, 6.45) is 1.79. The summed E-state index contributed by atoms with van der Waals surface area (Å²) in [5.74, 6) is 1.67. The van der Waals surface area contributed by atoms with Crippen LogP contribution in [0.25, 0.3) is 11.3 Å². The SMILES string of the molecule is Cc1ccc(-c2cc(C)c(=O)n(C)c2)o1. The van der Waals surface area contributed by atoms with Crippen LogP contribution in [-0.2, 0) is 7.05 Å². The molecule has 0 N–H and O–H groups in total. The summed E-state index contributed by atoms with van der Waals surface area (Å²) < 4.78 is 7.08. The second kappa shape index (κ2) is 3.42. The van der Waals surface area contributed by atoms with E-state index < -0.39 is 0 Å². The Morgan fingerprint density at radius 2 is 2.00 bits per heavy atom. The van der Waals surface area contributed by atoms with Gasteiger partial charge in [0.15, 0.2) is 0 Å². The third-order valence-electron chi connectivity index (χ3n) is 2.39. The van der Waals surface area contributed by atoms with E-state index in [4.69, 9.17) is 4.42 Å². The molecule has 2 heterocycles. The van der Waals surface area contributed by atoms with E-state index >= 15 is 0 Å². The number of pyridine rings is 1. The zero-order valence-corrected chi connectivity index (χ0v) is 9.07. The highest BCUT2D eigenvalue weighted by molar-refractivity contribution is 5.57. The first-order valence-electron chi connectivity index (χ1n) is 4.82. The van der Waals surface area contributed by atoms with Gasteiger partial charge in [-0.05, 0) is 32.0 Å². The van der Waals surface area contributed by atoms with E-state index in [0.29, 0.717) is 0 Å². The maximum absolute atomic E-state index is 11.5. The molecule has 0 spiro atoms. The third kappa shape index (κ3) is 1.73. The minimum atomic E-state index is 0.0297. The molecule has 15 heavy (non-hydrogen) atoms. The van der Waals surface area contributed by atoms with E-state index in [9.17, 15) is 4.79 Å². The molecule has 0 aliphatic heterocycles. The summed E-state index contributed by atoms with van der Waals surface area (Å²) in [6.45, 7) is 3.71. The molecule has 3 heteroatoms. The molecule has 0 saturated carbocycles. The molecule has 0 aliphatic rings. The fourth-order valence-corrected chi connectivity index (χ4v) is 1.60. The van der Waals surface area contributed by atoms with E-state index in [-0.39, 0.29) is 5.56 Å². The van der Waals surface area contributed by atoms with E-state index in [1.54, 1.807) is 17.8 Å². The van der Waals surface area contributed by atoms with Gasteiger partial charge in [-0.15, -0.1) is 0 Å². The van der Waals surface area contributed by atoms with Crippen LogP contribution in [0.5, 0.6) is 0 Å². The molecule has 0 radical (unpaired) electrons. The number of rotatable bonds is 1. The van der Waals surface area contributed by atoms with Crippen molar-refractivity contribution in [2.75, 3.05) is 0 Å². The molecule has 0 amide bonds. The minimum absolute atomic E-state index is 0.0297. The van der Waals surface area contributed by atoms with Gasteiger partial charge in [0.05, 0.1) is 0 Å². The Labute approximate surface area is 88.0 Å². The number of hydrogen-bond acceptors (Lipinski definition) is 2. The van der Waals surface area contributed by atoms with Gasteiger partial charge < -0.3 is 8.98 Å². The van der Waals surface area contributed by atoms with E-state index in [0.717, 1.165) is 22.6 Å². The second-order valence-corrected chi connectivity index (χ2v) is 3.74. The van der Waals surface area contributed by atoms with Crippen LogP contribution in [0, 0.1) is 13.8 Å². The highest BCUT2D eigenvalue weighted by Crippen LogP contribution is 2.21. The lowest BCUT2D eigenvalue weighted by Crippen LogP contribution is -2.18. The number of furan rings is 1. The minimum Gasteiger partial charge on any atom is -0.461 e. The van der Waals surface area contributed by atoms with E-state index in [1.165, 1.54) is 0 Å². The average Bonchev–Trinajstić information content (AvgIpc) is 2.60. The van der Waals surface area contributed by atoms with Crippen LogP contribution in [0.4, 0.5) is 0 Å². The molecule has 0 fully saturated rings. The fourth-order valence-electron chi connectivity index (χ4n) is 1.60. The predicted molar refractivity (Wildman–Crippen MR) is 58.9 cm³/mol. The Kier molecular flexibility index (Phi) is 2.23. The average molecular weight is 203 g/mol. The van der Waals surface area contributed by atoms with Crippen molar-refractivity contribution in [1.29, 1.82) is 0 Å². The zero-order valence-electron chi connectivity index (χ0n) is 9.07. The molecule has 0 aliphatic carbocycles. The lowest BCUT2D eigenvalue weighted by molar-refractivity contribution is 0.547. The molecule has 0 saturated heterocycles. The standard InChI is InChI=1S/C12H13NO2/c1-8-6-10(7-13(3)12(8)14)11-5-4-9(2)15-11/h4-7H,1-3H3. The molecule has 0 bridgehead atoms. The summed E-state index contributed by atoms with van der Waals surface area (Å²) in [5, 5.41) is 0. The fraction of sp³-hybridized carbons (Fsp3) is 0.250. The number of nitrogens with zero attached hydrogens (tertiary/aromatic N) is 1. The topological polar surface area (TPSA) is 35.1 Å². The van der Waals surface area contributed by atoms with Crippen molar-refractivity contribution in [2.45, 2.75) is 13.8 Å². The monoisotopic (exact) mass is 203 g/mol. The van der Waals surface area contributed by atoms with Crippen LogP contribution in [0.2, 0.25) is 0 Å². The lowest BCUT2D eigenvalue weighted by atomic mass is 10.2. The van der Waals surface area contributed by atoms with Crippen molar-refractivity contribution in [2.24, 2.45) is 7.05 Å². The first-order chi connectivity index (χ1) is 7.08. The summed E-state index contributed by atoms with van der Waals surface area (Å²) in [6, 6.07) is 5.67. The van der Waals surface area contributed by atoms with Gasteiger partial charge in [0, 0.05) is 24.4 Å². The molecular weight excluding hydrogens is 190 g/mol. The van der Waals surface area contributed by atoms with Crippen LogP contribution in [0.1, 0.15) is 11.3 Å². The maximum atomic E-state index is 11.5. The highest BCUT2D eigenvalue weighted by Gasteiger charge is 2.05. The van der Waals surface area contributed by atoms with Crippen LogP contribution >= 0.6 is 0 Å². The van der Waals surface area contributed by atoms with Gasteiger partial charge in [-0.25, -0.2) is 0 Å². The predicted octanol–water partition coefficient (Wildman–Crippen LogP) is 2.26.